The lowest BCUT2D eigenvalue weighted by Crippen LogP contribution is -2.54. The summed E-state index contributed by atoms with van der Waals surface area (Å²) in [4.78, 5) is 2.47. The number of halogens is 2. The Morgan fingerprint density at radius 1 is 1.14 bits per heavy atom. The Kier molecular flexibility index (Phi) is 5.33. The van der Waals surface area contributed by atoms with Gasteiger partial charge in [0.1, 0.15) is 0 Å². The fourth-order valence-electron chi connectivity index (χ4n) is 4.07. The van der Waals surface area contributed by atoms with Gasteiger partial charge in [0, 0.05) is 5.54 Å². The van der Waals surface area contributed by atoms with Crippen LogP contribution in [0.15, 0.2) is 18.2 Å². The standard InChI is InChI=1S/C17H26F2N2/c1-4-21(5-2)17(10-6-7-11-17)16(20-3)13-8-9-14(18)15(19)12-13/h8-9,12,16,20H,4-7,10-11H2,1-3H3. The molecule has 1 aromatic rings. The van der Waals surface area contributed by atoms with Gasteiger partial charge >= 0.3 is 0 Å². The van der Waals surface area contributed by atoms with Gasteiger partial charge in [-0.3, -0.25) is 4.90 Å². The summed E-state index contributed by atoms with van der Waals surface area (Å²) in [6.45, 7) is 6.28. The highest BCUT2D eigenvalue weighted by molar-refractivity contribution is 5.26. The monoisotopic (exact) mass is 296 g/mol. The van der Waals surface area contributed by atoms with E-state index in [0.29, 0.717) is 0 Å². The highest BCUT2D eigenvalue weighted by Gasteiger charge is 2.45. The van der Waals surface area contributed by atoms with Gasteiger partial charge in [0.25, 0.3) is 0 Å². The Bertz CT molecular complexity index is 466. The second-order valence-electron chi connectivity index (χ2n) is 5.88. The molecule has 1 unspecified atom stereocenters. The molecule has 4 heteroatoms. The molecule has 0 radical (unpaired) electrons. The summed E-state index contributed by atoms with van der Waals surface area (Å²) in [5, 5.41) is 3.37. The van der Waals surface area contributed by atoms with Crippen LogP contribution >= 0.6 is 0 Å². The molecule has 2 rings (SSSR count). The number of rotatable bonds is 6. The molecule has 1 aliphatic carbocycles. The minimum Gasteiger partial charge on any atom is -0.311 e. The van der Waals surface area contributed by atoms with Gasteiger partial charge < -0.3 is 5.32 Å². The Balaban J connectivity index is 2.42. The summed E-state index contributed by atoms with van der Waals surface area (Å²) < 4.78 is 26.9. The molecule has 2 nitrogen and oxygen atoms in total. The van der Waals surface area contributed by atoms with Crippen LogP contribution in [0.5, 0.6) is 0 Å². The molecule has 0 amide bonds. The third-order valence-electron chi connectivity index (χ3n) is 4.97. The minimum atomic E-state index is -0.781. The number of nitrogens with zero attached hydrogens (tertiary/aromatic N) is 1. The smallest absolute Gasteiger partial charge is 0.159 e. The molecule has 0 bridgehead atoms. The average molecular weight is 296 g/mol. The van der Waals surface area contributed by atoms with Crippen LogP contribution in [0, 0.1) is 11.6 Å². The summed E-state index contributed by atoms with van der Waals surface area (Å²) >= 11 is 0. The van der Waals surface area contributed by atoms with Crippen molar-refractivity contribution >= 4 is 0 Å². The van der Waals surface area contributed by atoms with Crippen molar-refractivity contribution in [2.24, 2.45) is 0 Å². The highest BCUT2D eigenvalue weighted by Crippen LogP contribution is 2.44. The summed E-state index contributed by atoms with van der Waals surface area (Å²) in [6.07, 6.45) is 4.58. The normalized spacial score (nSPS) is 19.1. The predicted molar refractivity (Wildman–Crippen MR) is 82.3 cm³/mol. The Labute approximate surface area is 126 Å². The number of nitrogens with one attached hydrogen (secondary N) is 1. The first kappa shape index (κ1) is 16.4. The maximum atomic E-state index is 13.6. The van der Waals surface area contributed by atoms with Crippen molar-refractivity contribution in [1.29, 1.82) is 0 Å². The molecule has 21 heavy (non-hydrogen) atoms. The maximum Gasteiger partial charge on any atom is 0.159 e. The number of hydrogen-bond donors (Lipinski definition) is 1. The molecule has 0 saturated heterocycles. The van der Waals surface area contributed by atoms with Crippen molar-refractivity contribution in [3.8, 4) is 0 Å². The van der Waals surface area contributed by atoms with Crippen LogP contribution < -0.4 is 5.32 Å². The predicted octanol–water partition coefficient (Wildman–Crippen LogP) is 3.88. The quantitative estimate of drug-likeness (QED) is 0.857. The lowest BCUT2D eigenvalue weighted by atomic mass is 9.81. The molecule has 0 aromatic heterocycles. The topological polar surface area (TPSA) is 15.3 Å². The van der Waals surface area contributed by atoms with Crippen LogP contribution in [0.25, 0.3) is 0 Å². The molecular weight excluding hydrogens is 270 g/mol. The minimum absolute atomic E-state index is 0.00250. The fraction of sp³-hybridized carbons (Fsp3) is 0.647. The third kappa shape index (κ3) is 2.97. The Hall–Kier alpha value is -1.00. The van der Waals surface area contributed by atoms with Gasteiger partial charge in [0.05, 0.1) is 6.04 Å². The number of hydrogen-bond acceptors (Lipinski definition) is 2. The molecule has 1 atom stereocenters. The lowest BCUT2D eigenvalue weighted by Gasteiger charge is -2.46. The first-order chi connectivity index (χ1) is 10.1. The lowest BCUT2D eigenvalue weighted by molar-refractivity contribution is 0.0654. The largest absolute Gasteiger partial charge is 0.311 e. The third-order valence-corrected chi connectivity index (χ3v) is 4.97. The van der Waals surface area contributed by atoms with E-state index >= 15 is 0 Å². The zero-order valence-electron chi connectivity index (χ0n) is 13.3. The summed E-state index contributed by atoms with van der Waals surface area (Å²) in [5.41, 5.74) is 0.841. The Morgan fingerprint density at radius 3 is 2.24 bits per heavy atom. The van der Waals surface area contributed by atoms with Crippen molar-refractivity contribution in [3.05, 3.63) is 35.4 Å². The van der Waals surface area contributed by atoms with Gasteiger partial charge in [0.15, 0.2) is 11.6 Å². The number of likely N-dealkylation sites (N-methyl/N-ethyl adjacent to an activating group) is 2. The van der Waals surface area contributed by atoms with Gasteiger partial charge in [0.2, 0.25) is 0 Å². The average Bonchev–Trinajstić information content (AvgIpc) is 2.95. The van der Waals surface area contributed by atoms with Crippen LogP contribution in [0.3, 0.4) is 0 Å². The van der Waals surface area contributed by atoms with Crippen LogP contribution in [0.1, 0.15) is 51.1 Å². The first-order valence-electron chi connectivity index (χ1n) is 7.96. The molecule has 0 heterocycles. The molecule has 1 fully saturated rings. The van der Waals surface area contributed by atoms with E-state index < -0.39 is 11.6 Å². The van der Waals surface area contributed by atoms with Crippen LogP contribution in [0.2, 0.25) is 0 Å². The van der Waals surface area contributed by atoms with E-state index in [1.807, 2.05) is 7.05 Å². The Morgan fingerprint density at radius 2 is 1.76 bits per heavy atom. The van der Waals surface area contributed by atoms with Crippen molar-refractivity contribution in [2.45, 2.75) is 51.1 Å². The van der Waals surface area contributed by atoms with E-state index in [1.165, 1.54) is 25.0 Å². The van der Waals surface area contributed by atoms with E-state index in [1.54, 1.807) is 6.07 Å². The van der Waals surface area contributed by atoms with Gasteiger partial charge in [-0.25, -0.2) is 8.78 Å². The second-order valence-corrected chi connectivity index (χ2v) is 5.88. The van der Waals surface area contributed by atoms with E-state index in [9.17, 15) is 8.78 Å². The fourth-order valence-corrected chi connectivity index (χ4v) is 4.07. The van der Waals surface area contributed by atoms with Gasteiger partial charge in [-0.1, -0.05) is 32.8 Å². The molecule has 1 aliphatic rings. The van der Waals surface area contributed by atoms with E-state index in [2.05, 4.69) is 24.1 Å². The summed E-state index contributed by atoms with van der Waals surface area (Å²) in [6, 6.07) is 4.32. The molecule has 1 N–H and O–H groups in total. The maximum absolute atomic E-state index is 13.6. The second kappa shape index (κ2) is 6.84. The van der Waals surface area contributed by atoms with Crippen molar-refractivity contribution in [1.82, 2.24) is 10.2 Å². The van der Waals surface area contributed by atoms with E-state index in [-0.39, 0.29) is 11.6 Å². The molecule has 0 spiro atoms. The van der Waals surface area contributed by atoms with Crippen LogP contribution in [-0.2, 0) is 0 Å². The molecule has 0 aliphatic heterocycles. The molecule has 1 aromatic carbocycles. The SMILES string of the molecule is CCN(CC)C1(C(NC)c2ccc(F)c(F)c2)CCCC1. The van der Waals surface area contributed by atoms with E-state index in [4.69, 9.17) is 0 Å². The highest BCUT2D eigenvalue weighted by atomic mass is 19.2. The summed E-state index contributed by atoms with van der Waals surface area (Å²) in [7, 11) is 1.91. The van der Waals surface area contributed by atoms with Crippen LogP contribution in [0.4, 0.5) is 8.78 Å². The zero-order chi connectivity index (χ0) is 15.5. The molecular formula is C17H26F2N2. The first-order valence-corrected chi connectivity index (χ1v) is 7.96. The number of benzene rings is 1. The molecule has 1 saturated carbocycles. The summed E-state index contributed by atoms with van der Waals surface area (Å²) in [5.74, 6) is -1.54. The van der Waals surface area contributed by atoms with Gasteiger partial charge in [-0.05, 0) is 50.7 Å². The van der Waals surface area contributed by atoms with Crippen molar-refractivity contribution < 1.29 is 8.78 Å². The van der Waals surface area contributed by atoms with Crippen LogP contribution in [-0.4, -0.2) is 30.6 Å². The van der Waals surface area contributed by atoms with Crippen molar-refractivity contribution in [2.75, 3.05) is 20.1 Å². The zero-order valence-corrected chi connectivity index (χ0v) is 13.3. The van der Waals surface area contributed by atoms with Gasteiger partial charge in [-0.15, -0.1) is 0 Å². The van der Waals surface area contributed by atoms with Crippen molar-refractivity contribution in [3.63, 3.8) is 0 Å². The van der Waals surface area contributed by atoms with E-state index in [0.717, 1.165) is 31.5 Å². The molecule has 118 valence electrons. The van der Waals surface area contributed by atoms with Gasteiger partial charge in [-0.2, -0.15) is 0 Å².